The van der Waals surface area contributed by atoms with Gasteiger partial charge in [-0.2, -0.15) is 13.2 Å². The van der Waals surface area contributed by atoms with Gasteiger partial charge in [-0.05, 0) is 42.2 Å². The molecule has 0 unspecified atom stereocenters. The molecule has 0 saturated heterocycles. The number of alkyl halides is 3. The summed E-state index contributed by atoms with van der Waals surface area (Å²) in [4.78, 5) is 14.2. The molecule has 0 bridgehead atoms. The van der Waals surface area contributed by atoms with Gasteiger partial charge in [-0.3, -0.25) is 4.79 Å². The molecule has 1 aliphatic carbocycles. The number of amides is 1. The average Bonchev–Trinajstić information content (AvgIpc) is 3.37. The van der Waals surface area contributed by atoms with Crippen molar-refractivity contribution in [1.82, 2.24) is 4.90 Å². The van der Waals surface area contributed by atoms with Gasteiger partial charge in [0.15, 0.2) is 0 Å². The van der Waals surface area contributed by atoms with E-state index in [0.29, 0.717) is 11.1 Å². The van der Waals surface area contributed by atoms with Gasteiger partial charge in [0.25, 0.3) is 0 Å². The molecule has 0 spiro atoms. The van der Waals surface area contributed by atoms with E-state index in [9.17, 15) is 22.4 Å². The maximum Gasteiger partial charge on any atom is 0.416 e. The molecule has 0 aromatic heterocycles. The van der Waals surface area contributed by atoms with E-state index in [1.165, 1.54) is 24.3 Å². The molecule has 2 aromatic rings. The molecule has 0 atom stereocenters. The first-order valence-corrected chi connectivity index (χ1v) is 8.03. The maximum atomic E-state index is 13.3. The topological polar surface area (TPSA) is 20.3 Å². The van der Waals surface area contributed by atoms with Crippen LogP contribution in [-0.2, 0) is 23.9 Å². The summed E-state index contributed by atoms with van der Waals surface area (Å²) in [5.41, 5.74) is 0.231. The van der Waals surface area contributed by atoms with Gasteiger partial charge in [0.1, 0.15) is 5.82 Å². The van der Waals surface area contributed by atoms with E-state index in [4.69, 9.17) is 0 Å². The fraction of sp³-hybridized carbons (Fsp3) is 0.316. The van der Waals surface area contributed by atoms with Crippen LogP contribution in [0.5, 0.6) is 0 Å². The Balaban J connectivity index is 1.73. The largest absolute Gasteiger partial charge is 0.416 e. The van der Waals surface area contributed by atoms with Gasteiger partial charge < -0.3 is 4.90 Å². The smallest absolute Gasteiger partial charge is 0.335 e. The summed E-state index contributed by atoms with van der Waals surface area (Å²) >= 11 is 0. The lowest BCUT2D eigenvalue weighted by atomic mass is 10.1. The molecule has 0 radical (unpaired) electrons. The van der Waals surface area contributed by atoms with Gasteiger partial charge in [0.05, 0.1) is 12.0 Å². The summed E-state index contributed by atoms with van der Waals surface area (Å²) in [7, 11) is 0. The van der Waals surface area contributed by atoms with E-state index in [0.717, 1.165) is 25.0 Å². The molecule has 1 amide bonds. The number of rotatable bonds is 5. The van der Waals surface area contributed by atoms with Crippen molar-refractivity contribution in [2.75, 3.05) is 0 Å². The lowest BCUT2D eigenvalue weighted by Gasteiger charge is -2.23. The van der Waals surface area contributed by atoms with Crippen LogP contribution in [0.1, 0.15) is 29.5 Å². The van der Waals surface area contributed by atoms with Gasteiger partial charge in [-0.15, -0.1) is 0 Å². The SMILES string of the molecule is O=C(Cc1cccc(C(F)(F)F)c1)N(Cc1cccc(F)c1)C1CC1. The van der Waals surface area contributed by atoms with Crippen molar-refractivity contribution < 1.29 is 22.4 Å². The Labute approximate surface area is 143 Å². The zero-order valence-electron chi connectivity index (χ0n) is 13.4. The van der Waals surface area contributed by atoms with Gasteiger partial charge in [0.2, 0.25) is 5.91 Å². The predicted octanol–water partition coefficient (Wildman–Crippen LogP) is 4.58. The Kier molecular flexibility index (Phi) is 4.79. The minimum atomic E-state index is -4.43. The Morgan fingerprint density at radius 3 is 2.36 bits per heavy atom. The number of nitrogens with zero attached hydrogens (tertiary/aromatic N) is 1. The fourth-order valence-corrected chi connectivity index (χ4v) is 2.77. The number of hydrogen-bond acceptors (Lipinski definition) is 1. The van der Waals surface area contributed by atoms with Gasteiger partial charge in [0, 0.05) is 12.6 Å². The minimum Gasteiger partial charge on any atom is -0.335 e. The molecule has 6 heteroatoms. The fourth-order valence-electron chi connectivity index (χ4n) is 2.77. The van der Waals surface area contributed by atoms with Crippen molar-refractivity contribution in [3.63, 3.8) is 0 Å². The van der Waals surface area contributed by atoms with Crippen molar-refractivity contribution >= 4 is 5.91 Å². The second-order valence-electron chi connectivity index (χ2n) is 6.26. The number of halogens is 4. The first-order chi connectivity index (χ1) is 11.8. The number of hydrogen-bond donors (Lipinski definition) is 0. The van der Waals surface area contributed by atoms with Crippen molar-refractivity contribution in [1.29, 1.82) is 0 Å². The highest BCUT2D eigenvalue weighted by Gasteiger charge is 2.33. The van der Waals surface area contributed by atoms with Crippen LogP contribution in [-0.4, -0.2) is 16.8 Å². The normalized spacial score (nSPS) is 14.4. The van der Waals surface area contributed by atoms with Gasteiger partial charge >= 0.3 is 6.18 Å². The Hall–Kier alpha value is -2.37. The summed E-state index contributed by atoms with van der Waals surface area (Å²) in [6.45, 7) is 0.264. The van der Waals surface area contributed by atoms with Gasteiger partial charge in [-0.1, -0.05) is 30.3 Å². The van der Waals surface area contributed by atoms with E-state index in [1.54, 1.807) is 17.0 Å². The monoisotopic (exact) mass is 351 g/mol. The van der Waals surface area contributed by atoms with Crippen LogP contribution in [0.4, 0.5) is 17.6 Å². The summed E-state index contributed by atoms with van der Waals surface area (Å²) in [6, 6.07) is 10.9. The molecule has 2 nitrogen and oxygen atoms in total. The highest BCUT2D eigenvalue weighted by Crippen LogP contribution is 2.31. The lowest BCUT2D eigenvalue weighted by Crippen LogP contribution is -2.33. The number of carbonyl (C=O) groups is 1. The first-order valence-electron chi connectivity index (χ1n) is 8.03. The van der Waals surface area contributed by atoms with Crippen LogP contribution in [0.2, 0.25) is 0 Å². The first kappa shape index (κ1) is 17.5. The van der Waals surface area contributed by atoms with E-state index in [1.807, 2.05) is 0 Å². The van der Waals surface area contributed by atoms with Crippen molar-refractivity contribution in [2.24, 2.45) is 0 Å². The second kappa shape index (κ2) is 6.86. The van der Waals surface area contributed by atoms with E-state index < -0.39 is 11.7 Å². The number of carbonyl (C=O) groups excluding carboxylic acids is 1. The maximum absolute atomic E-state index is 13.3. The summed E-state index contributed by atoms with van der Waals surface area (Å²) < 4.78 is 51.7. The van der Waals surface area contributed by atoms with Crippen LogP contribution in [0.3, 0.4) is 0 Å². The summed E-state index contributed by atoms with van der Waals surface area (Å²) in [5, 5.41) is 0. The van der Waals surface area contributed by atoms with Crippen molar-refractivity contribution in [3.8, 4) is 0 Å². The highest BCUT2D eigenvalue weighted by molar-refractivity contribution is 5.79. The molecule has 0 aliphatic heterocycles. The third-order valence-corrected chi connectivity index (χ3v) is 4.16. The molecule has 0 N–H and O–H groups in total. The van der Waals surface area contributed by atoms with Gasteiger partial charge in [-0.25, -0.2) is 4.39 Å². The van der Waals surface area contributed by atoms with Crippen LogP contribution < -0.4 is 0 Å². The Bertz CT molecular complexity index is 768. The molecule has 1 fully saturated rings. The second-order valence-corrected chi connectivity index (χ2v) is 6.26. The quantitative estimate of drug-likeness (QED) is 0.722. The Morgan fingerprint density at radius 1 is 1.04 bits per heavy atom. The molecule has 25 heavy (non-hydrogen) atoms. The molecular formula is C19H17F4NO. The van der Waals surface area contributed by atoms with E-state index in [-0.39, 0.29) is 30.7 Å². The average molecular weight is 351 g/mol. The number of benzene rings is 2. The van der Waals surface area contributed by atoms with Crippen LogP contribution in [0, 0.1) is 5.82 Å². The van der Waals surface area contributed by atoms with E-state index >= 15 is 0 Å². The lowest BCUT2D eigenvalue weighted by molar-refractivity contribution is -0.138. The van der Waals surface area contributed by atoms with Crippen LogP contribution >= 0.6 is 0 Å². The summed E-state index contributed by atoms with van der Waals surface area (Å²) in [6.07, 6.45) is -2.81. The van der Waals surface area contributed by atoms with E-state index in [2.05, 4.69) is 0 Å². The molecule has 3 rings (SSSR count). The molecule has 1 aliphatic rings. The molecule has 2 aromatic carbocycles. The third kappa shape index (κ3) is 4.59. The highest BCUT2D eigenvalue weighted by atomic mass is 19.4. The molecular weight excluding hydrogens is 334 g/mol. The molecule has 132 valence electrons. The standard InChI is InChI=1S/C19H17F4NO/c20-16-6-2-4-14(10-16)12-24(17-7-8-17)18(25)11-13-3-1-5-15(9-13)19(21,22)23/h1-6,9-10,17H,7-8,11-12H2. The molecule has 0 heterocycles. The van der Waals surface area contributed by atoms with Crippen molar-refractivity contribution in [3.05, 3.63) is 71.0 Å². The molecule has 1 saturated carbocycles. The summed E-state index contributed by atoms with van der Waals surface area (Å²) in [5.74, 6) is -0.621. The zero-order chi connectivity index (χ0) is 18.0. The zero-order valence-corrected chi connectivity index (χ0v) is 13.4. The Morgan fingerprint density at radius 2 is 1.72 bits per heavy atom. The third-order valence-electron chi connectivity index (χ3n) is 4.16. The predicted molar refractivity (Wildman–Crippen MR) is 85.1 cm³/mol. The van der Waals surface area contributed by atoms with Crippen molar-refractivity contribution in [2.45, 2.75) is 38.0 Å². The van der Waals surface area contributed by atoms with Crippen LogP contribution in [0.15, 0.2) is 48.5 Å². The minimum absolute atomic E-state index is 0.0848. The van der Waals surface area contributed by atoms with Crippen LogP contribution in [0.25, 0.3) is 0 Å².